The summed E-state index contributed by atoms with van der Waals surface area (Å²) < 4.78 is 0.919. The Morgan fingerprint density at radius 3 is 2.77 bits per heavy atom. The highest BCUT2D eigenvalue weighted by Gasteiger charge is 2.16. The molecular weight excluding hydrogens is 300 g/mol. The van der Waals surface area contributed by atoms with Crippen LogP contribution in [-0.4, -0.2) is 5.78 Å². The van der Waals surface area contributed by atoms with Crippen LogP contribution in [0.4, 0.5) is 5.69 Å². The number of para-hydroxylation sites is 1. The standard InChI is InChI=1S/C9H9ClINO/c1-5(13)8(10)6-3-2-4-7(11)9(6)12/h2-4,8H,12H2,1H3. The second-order valence-electron chi connectivity index (χ2n) is 2.72. The highest BCUT2D eigenvalue weighted by atomic mass is 127. The van der Waals surface area contributed by atoms with Crippen LogP contribution in [0.5, 0.6) is 0 Å². The Labute approximate surface area is 95.6 Å². The van der Waals surface area contributed by atoms with Crippen LogP contribution in [0.3, 0.4) is 0 Å². The summed E-state index contributed by atoms with van der Waals surface area (Å²) in [6.45, 7) is 1.46. The smallest absolute Gasteiger partial charge is 0.152 e. The van der Waals surface area contributed by atoms with E-state index in [-0.39, 0.29) is 5.78 Å². The van der Waals surface area contributed by atoms with Gasteiger partial charge in [0.2, 0.25) is 0 Å². The number of anilines is 1. The van der Waals surface area contributed by atoms with Gasteiger partial charge >= 0.3 is 0 Å². The Balaban J connectivity index is 3.15. The number of carbonyl (C=O) groups excluding carboxylic acids is 1. The molecule has 0 fully saturated rings. The van der Waals surface area contributed by atoms with Gasteiger partial charge in [-0.25, -0.2) is 0 Å². The third-order valence-corrected chi connectivity index (χ3v) is 3.20. The van der Waals surface area contributed by atoms with Crippen LogP contribution < -0.4 is 5.73 Å². The predicted octanol–water partition coefficient (Wildman–Crippen LogP) is 2.74. The molecule has 2 N–H and O–H groups in total. The van der Waals surface area contributed by atoms with E-state index in [1.165, 1.54) is 6.92 Å². The molecule has 1 atom stereocenters. The lowest BCUT2D eigenvalue weighted by Crippen LogP contribution is -2.06. The molecule has 1 aromatic carbocycles. The molecule has 0 amide bonds. The van der Waals surface area contributed by atoms with Gasteiger partial charge in [-0.3, -0.25) is 4.79 Å². The molecule has 0 heterocycles. The number of benzene rings is 1. The van der Waals surface area contributed by atoms with E-state index < -0.39 is 5.38 Å². The molecule has 4 heteroatoms. The highest BCUT2D eigenvalue weighted by molar-refractivity contribution is 14.1. The first kappa shape index (κ1) is 10.8. The summed E-state index contributed by atoms with van der Waals surface area (Å²) in [7, 11) is 0. The van der Waals surface area contributed by atoms with Gasteiger partial charge in [0, 0.05) is 9.13 Å². The van der Waals surface area contributed by atoms with Crippen molar-refractivity contribution >= 4 is 45.7 Å². The molecule has 0 aliphatic carbocycles. The molecule has 0 bridgehead atoms. The van der Waals surface area contributed by atoms with E-state index in [4.69, 9.17) is 17.3 Å². The second kappa shape index (κ2) is 4.28. The maximum atomic E-state index is 11.0. The molecule has 0 saturated heterocycles. The van der Waals surface area contributed by atoms with E-state index in [0.717, 1.165) is 3.57 Å². The lowest BCUT2D eigenvalue weighted by Gasteiger charge is -2.10. The topological polar surface area (TPSA) is 43.1 Å². The lowest BCUT2D eigenvalue weighted by atomic mass is 10.1. The van der Waals surface area contributed by atoms with Crippen molar-refractivity contribution in [3.8, 4) is 0 Å². The zero-order valence-corrected chi connectivity index (χ0v) is 9.96. The summed E-state index contributed by atoms with van der Waals surface area (Å²) in [5.74, 6) is -0.0876. The zero-order chi connectivity index (χ0) is 10.0. The van der Waals surface area contributed by atoms with Crippen molar-refractivity contribution in [3.63, 3.8) is 0 Å². The van der Waals surface area contributed by atoms with Gasteiger partial charge in [0.25, 0.3) is 0 Å². The van der Waals surface area contributed by atoms with Crippen LogP contribution in [0.2, 0.25) is 0 Å². The first-order chi connectivity index (χ1) is 6.04. The minimum atomic E-state index is -0.630. The normalized spacial score (nSPS) is 12.5. The third kappa shape index (κ3) is 2.34. The molecule has 0 aliphatic heterocycles. The Kier molecular flexibility index (Phi) is 3.55. The van der Waals surface area contributed by atoms with Crippen LogP contribution in [-0.2, 0) is 4.79 Å². The Bertz CT molecular complexity index is 340. The first-order valence-electron chi connectivity index (χ1n) is 3.72. The van der Waals surface area contributed by atoms with E-state index in [0.29, 0.717) is 11.3 Å². The minimum Gasteiger partial charge on any atom is -0.398 e. The second-order valence-corrected chi connectivity index (χ2v) is 4.31. The molecule has 2 nitrogen and oxygen atoms in total. The SMILES string of the molecule is CC(=O)C(Cl)c1cccc(I)c1N. The fraction of sp³-hybridized carbons (Fsp3) is 0.222. The largest absolute Gasteiger partial charge is 0.398 e. The summed E-state index contributed by atoms with van der Waals surface area (Å²) >= 11 is 8.00. The van der Waals surface area contributed by atoms with Crippen molar-refractivity contribution in [1.29, 1.82) is 0 Å². The van der Waals surface area contributed by atoms with E-state index in [1.807, 2.05) is 12.1 Å². The van der Waals surface area contributed by atoms with Crippen LogP contribution >= 0.6 is 34.2 Å². The number of nitrogens with two attached hydrogens (primary N) is 1. The summed E-state index contributed by atoms with van der Waals surface area (Å²) in [5, 5.41) is -0.630. The van der Waals surface area contributed by atoms with Crippen LogP contribution in [0.15, 0.2) is 18.2 Å². The number of alkyl halides is 1. The predicted molar refractivity (Wildman–Crippen MR) is 62.8 cm³/mol. The maximum absolute atomic E-state index is 11.0. The van der Waals surface area contributed by atoms with E-state index >= 15 is 0 Å². The molecule has 0 saturated carbocycles. The number of Topliss-reactive ketones (excluding diaryl/α,β-unsaturated/α-hetero) is 1. The fourth-order valence-corrected chi connectivity index (χ4v) is 1.70. The monoisotopic (exact) mass is 309 g/mol. The molecule has 0 spiro atoms. The summed E-state index contributed by atoms with van der Waals surface area (Å²) in [5.41, 5.74) is 7.07. The van der Waals surface area contributed by atoms with Crippen molar-refractivity contribution < 1.29 is 4.79 Å². The Morgan fingerprint density at radius 1 is 1.62 bits per heavy atom. The van der Waals surface area contributed by atoms with Gasteiger partial charge in [0.1, 0.15) is 5.38 Å². The minimum absolute atomic E-state index is 0.0876. The van der Waals surface area contributed by atoms with Crippen molar-refractivity contribution in [2.24, 2.45) is 0 Å². The van der Waals surface area contributed by atoms with Crippen LogP contribution in [0.1, 0.15) is 17.9 Å². The van der Waals surface area contributed by atoms with Crippen LogP contribution in [0.25, 0.3) is 0 Å². The van der Waals surface area contributed by atoms with Gasteiger partial charge < -0.3 is 5.73 Å². The van der Waals surface area contributed by atoms with Crippen molar-refractivity contribution in [2.45, 2.75) is 12.3 Å². The average molecular weight is 310 g/mol. The highest BCUT2D eigenvalue weighted by Crippen LogP contribution is 2.29. The number of carbonyl (C=O) groups is 1. The summed E-state index contributed by atoms with van der Waals surface area (Å²) in [4.78, 5) is 11.0. The molecular formula is C9H9ClINO. The Morgan fingerprint density at radius 2 is 2.23 bits per heavy atom. The van der Waals surface area contributed by atoms with Gasteiger partial charge in [-0.15, -0.1) is 11.6 Å². The summed E-state index contributed by atoms with van der Waals surface area (Å²) in [6.07, 6.45) is 0. The van der Waals surface area contributed by atoms with Gasteiger partial charge in [-0.2, -0.15) is 0 Å². The maximum Gasteiger partial charge on any atom is 0.152 e. The molecule has 1 rings (SSSR count). The average Bonchev–Trinajstić information content (AvgIpc) is 2.08. The first-order valence-corrected chi connectivity index (χ1v) is 5.24. The van der Waals surface area contributed by atoms with Gasteiger partial charge in [-0.05, 0) is 35.6 Å². The number of nitrogen functional groups attached to an aromatic ring is 1. The van der Waals surface area contributed by atoms with Gasteiger partial charge in [-0.1, -0.05) is 12.1 Å². The van der Waals surface area contributed by atoms with E-state index in [1.54, 1.807) is 6.07 Å². The van der Waals surface area contributed by atoms with Gasteiger partial charge in [0.15, 0.2) is 5.78 Å². The van der Waals surface area contributed by atoms with E-state index in [2.05, 4.69) is 22.6 Å². The number of halogens is 2. The number of ketones is 1. The lowest BCUT2D eigenvalue weighted by molar-refractivity contribution is -0.116. The molecule has 0 radical (unpaired) electrons. The zero-order valence-electron chi connectivity index (χ0n) is 7.05. The Hall–Kier alpha value is -0.290. The number of hydrogen-bond acceptors (Lipinski definition) is 2. The van der Waals surface area contributed by atoms with Gasteiger partial charge in [0.05, 0.1) is 5.69 Å². The van der Waals surface area contributed by atoms with Crippen molar-refractivity contribution in [2.75, 3.05) is 5.73 Å². The fourth-order valence-electron chi connectivity index (χ4n) is 0.994. The number of hydrogen-bond donors (Lipinski definition) is 1. The molecule has 70 valence electrons. The molecule has 1 aromatic rings. The summed E-state index contributed by atoms with van der Waals surface area (Å²) in [6, 6.07) is 5.49. The molecule has 1 unspecified atom stereocenters. The van der Waals surface area contributed by atoms with Crippen LogP contribution in [0, 0.1) is 3.57 Å². The van der Waals surface area contributed by atoms with Crippen molar-refractivity contribution in [3.05, 3.63) is 27.3 Å². The third-order valence-electron chi connectivity index (χ3n) is 1.72. The molecule has 0 aromatic heterocycles. The quantitative estimate of drug-likeness (QED) is 0.518. The van der Waals surface area contributed by atoms with E-state index in [9.17, 15) is 4.79 Å². The molecule has 13 heavy (non-hydrogen) atoms. The number of rotatable bonds is 2. The molecule has 0 aliphatic rings. The van der Waals surface area contributed by atoms with Crippen molar-refractivity contribution in [1.82, 2.24) is 0 Å².